The molecule has 6 heteroatoms. The van der Waals surface area contributed by atoms with Crippen molar-refractivity contribution in [3.63, 3.8) is 0 Å². The lowest BCUT2D eigenvalue weighted by molar-refractivity contribution is -0.619. The molecule has 98 valence electrons. The molecule has 3 heterocycles. The van der Waals surface area contributed by atoms with Gasteiger partial charge in [-0.2, -0.15) is 10.1 Å². The van der Waals surface area contributed by atoms with Gasteiger partial charge < -0.3 is 4.98 Å². The van der Waals surface area contributed by atoms with Crippen molar-refractivity contribution in [1.29, 1.82) is 0 Å². The van der Waals surface area contributed by atoms with Gasteiger partial charge in [0.2, 0.25) is 0 Å². The predicted octanol–water partition coefficient (Wildman–Crippen LogP) is 3.06. The Morgan fingerprint density at radius 1 is 1.05 bits per heavy atom. The van der Waals surface area contributed by atoms with E-state index in [0.717, 1.165) is 5.56 Å². The maximum absolute atomic E-state index is 4.45. The zero-order valence-corrected chi connectivity index (χ0v) is 12.0. The lowest BCUT2D eigenvalue weighted by atomic mass is 10.2. The van der Waals surface area contributed by atoms with Crippen LogP contribution >= 0.6 is 15.9 Å². The molecular weight excluding hydrogens is 318 g/mol. The molecule has 3 aromatic heterocycles. The third-order valence-corrected chi connectivity index (χ3v) is 2.95. The second-order valence-corrected chi connectivity index (χ2v) is 4.77. The number of rotatable bonds is 3. The van der Waals surface area contributed by atoms with Crippen molar-refractivity contribution in [2.24, 2.45) is 0 Å². The van der Waals surface area contributed by atoms with Crippen LogP contribution in [0.5, 0.6) is 0 Å². The van der Waals surface area contributed by atoms with E-state index in [4.69, 9.17) is 0 Å². The van der Waals surface area contributed by atoms with Gasteiger partial charge in [0.25, 0.3) is 0 Å². The minimum absolute atomic E-state index is 0.539. The quantitative estimate of drug-likeness (QED) is 0.695. The van der Waals surface area contributed by atoms with E-state index in [0.29, 0.717) is 16.1 Å². The van der Waals surface area contributed by atoms with Gasteiger partial charge in [0.15, 0.2) is 12.4 Å². The molecule has 0 atom stereocenters. The molecule has 0 unspecified atom stereocenters. The van der Waals surface area contributed by atoms with E-state index in [2.05, 4.69) is 36.3 Å². The van der Waals surface area contributed by atoms with Crippen LogP contribution in [0.4, 0.5) is 5.82 Å². The largest absolute Gasteiger partial charge is 0.434 e. The number of nitrogens with zero attached hydrogens (tertiary/aromatic N) is 5. The first-order valence-corrected chi connectivity index (χ1v) is 6.73. The van der Waals surface area contributed by atoms with Crippen LogP contribution in [0.15, 0.2) is 65.9 Å². The number of hydrogen-bond donors (Lipinski definition) is 0. The van der Waals surface area contributed by atoms with Gasteiger partial charge in [-0.15, -0.1) is 0 Å². The molecule has 0 aliphatic heterocycles. The maximum Gasteiger partial charge on any atom is 0.182 e. The van der Waals surface area contributed by atoms with Gasteiger partial charge in [-0.25, -0.2) is 4.98 Å². The fourth-order valence-corrected chi connectivity index (χ4v) is 1.98. The summed E-state index contributed by atoms with van der Waals surface area (Å²) in [6.45, 7) is 0. The molecule has 5 nitrogen and oxygen atoms in total. The average Bonchev–Trinajstić information content (AvgIpc) is 2.51. The van der Waals surface area contributed by atoms with E-state index in [9.17, 15) is 0 Å². The topological polar surface area (TPSA) is 56.7 Å². The molecule has 0 saturated carbocycles. The van der Waals surface area contributed by atoms with Crippen LogP contribution in [-0.4, -0.2) is 15.0 Å². The molecule has 3 rings (SSSR count). The van der Waals surface area contributed by atoms with Crippen LogP contribution in [0.1, 0.15) is 0 Å². The van der Waals surface area contributed by atoms with E-state index in [-0.39, 0.29) is 0 Å². The van der Waals surface area contributed by atoms with Crippen LogP contribution in [-0.2, 0) is 0 Å². The third-order valence-electron chi connectivity index (χ3n) is 2.57. The standard InChI is InChI=1S/C14H10BrN5/c15-12-10-17-14(19-20-7-2-1-3-8-20)13(18-12)11-5-4-6-16-9-11/h1-10H. The van der Waals surface area contributed by atoms with Crippen LogP contribution in [0, 0.1) is 0 Å². The molecule has 0 aliphatic rings. The lowest BCUT2D eigenvalue weighted by Gasteiger charge is -2.13. The normalized spacial score (nSPS) is 10.2. The summed E-state index contributed by atoms with van der Waals surface area (Å²) in [5.74, 6) is 0.539. The fraction of sp³-hybridized carbons (Fsp3) is 0. The Labute approximate surface area is 124 Å². The van der Waals surface area contributed by atoms with Crippen LogP contribution in [0.2, 0.25) is 0 Å². The summed E-state index contributed by atoms with van der Waals surface area (Å²) < 4.78 is 2.35. The summed E-state index contributed by atoms with van der Waals surface area (Å²) in [6.07, 6.45) is 8.78. The van der Waals surface area contributed by atoms with Crippen molar-refractivity contribution in [2.75, 3.05) is 0 Å². The zero-order chi connectivity index (χ0) is 13.8. The molecule has 20 heavy (non-hydrogen) atoms. The number of halogens is 1. The highest BCUT2D eigenvalue weighted by molar-refractivity contribution is 9.10. The lowest BCUT2D eigenvalue weighted by Crippen LogP contribution is -2.26. The van der Waals surface area contributed by atoms with Gasteiger partial charge in [-0.3, -0.25) is 4.98 Å². The Balaban J connectivity index is 2.03. The van der Waals surface area contributed by atoms with Crippen molar-refractivity contribution >= 4 is 21.7 Å². The molecule has 0 N–H and O–H groups in total. The summed E-state index contributed by atoms with van der Waals surface area (Å²) >= 11 is 3.34. The molecule has 0 spiro atoms. The van der Waals surface area contributed by atoms with Gasteiger partial charge in [-0.1, -0.05) is 6.07 Å². The van der Waals surface area contributed by atoms with Crippen LogP contribution < -0.4 is 4.68 Å². The minimum atomic E-state index is 0.539. The van der Waals surface area contributed by atoms with Gasteiger partial charge in [0, 0.05) is 35.9 Å². The molecule has 3 aromatic rings. The predicted molar refractivity (Wildman–Crippen MR) is 78.0 cm³/mol. The SMILES string of the molecule is Brc1cnc([N-][n+]2ccccc2)c(-c2cccnc2)n1. The first-order chi connectivity index (χ1) is 9.83. The number of pyridine rings is 2. The minimum Gasteiger partial charge on any atom is -0.434 e. The first kappa shape index (κ1) is 12.7. The Bertz CT molecular complexity index is 703. The number of hydrogen-bond acceptors (Lipinski definition) is 3. The highest BCUT2D eigenvalue weighted by Gasteiger charge is 2.06. The Morgan fingerprint density at radius 2 is 1.90 bits per heavy atom. The smallest absolute Gasteiger partial charge is 0.182 e. The summed E-state index contributed by atoms with van der Waals surface area (Å²) in [5, 5.41) is 0. The Kier molecular flexibility index (Phi) is 3.64. The second kappa shape index (κ2) is 5.75. The van der Waals surface area contributed by atoms with Gasteiger partial charge in [-0.05, 0) is 34.3 Å². The van der Waals surface area contributed by atoms with Gasteiger partial charge in [0.05, 0.1) is 5.69 Å². The maximum atomic E-state index is 4.45. The molecule has 0 saturated heterocycles. The molecular formula is C14H10BrN5. The van der Waals surface area contributed by atoms with Crippen LogP contribution in [0.25, 0.3) is 16.7 Å². The zero-order valence-electron chi connectivity index (χ0n) is 10.4. The second-order valence-electron chi connectivity index (χ2n) is 3.96. The van der Waals surface area contributed by atoms with E-state index in [1.54, 1.807) is 23.3 Å². The molecule has 0 bridgehead atoms. The van der Waals surface area contributed by atoms with Gasteiger partial charge in [0.1, 0.15) is 4.60 Å². The molecule has 0 aromatic carbocycles. The summed E-state index contributed by atoms with van der Waals surface area (Å²) in [5.41, 5.74) is 6.01. The highest BCUT2D eigenvalue weighted by Crippen LogP contribution is 2.28. The summed E-state index contributed by atoms with van der Waals surface area (Å²) in [4.78, 5) is 12.9. The van der Waals surface area contributed by atoms with Crippen molar-refractivity contribution < 1.29 is 4.68 Å². The van der Waals surface area contributed by atoms with E-state index in [1.807, 2.05) is 42.7 Å². The third kappa shape index (κ3) is 2.80. The first-order valence-electron chi connectivity index (χ1n) is 5.94. The molecule has 0 amide bonds. The van der Waals surface area contributed by atoms with E-state index >= 15 is 0 Å². The Hall–Kier alpha value is -2.34. The van der Waals surface area contributed by atoms with Gasteiger partial charge >= 0.3 is 0 Å². The fourth-order valence-electron chi connectivity index (χ4n) is 1.70. The average molecular weight is 328 g/mol. The Morgan fingerprint density at radius 3 is 2.65 bits per heavy atom. The van der Waals surface area contributed by atoms with Crippen molar-refractivity contribution in [3.8, 4) is 11.3 Å². The molecule has 0 aliphatic carbocycles. The van der Waals surface area contributed by atoms with Crippen molar-refractivity contribution in [2.45, 2.75) is 0 Å². The van der Waals surface area contributed by atoms with Crippen molar-refractivity contribution in [3.05, 3.63) is 71.3 Å². The number of aromatic nitrogens is 4. The van der Waals surface area contributed by atoms with Crippen LogP contribution in [0.3, 0.4) is 0 Å². The molecule has 0 radical (unpaired) electrons. The van der Waals surface area contributed by atoms with E-state index in [1.165, 1.54) is 0 Å². The van der Waals surface area contributed by atoms with E-state index < -0.39 is 0 Å². The van der Waals surface area contributed by atoms with Crippen molar-refractivity contribution in [1.82, 2.24) is 15.0 Å². The highest BCUT2D eigenvalue weighted by atomic mass is 79.9. The summed E-state index contributed by atoms with van der Waals surface area (Å²) in [6, 6.07) is 9.52. The summed E-state index contributed by atoms with van der Waals surface area (Å²) in [7, 11) is 0. The molecule has 0 fully saturated rings. The monoisotopic (exact) mass is 327 g/mol.